The lowest BCUT2D eigenvalue weighted by Gasteiger charge is -2.28. The van der Waals surface area contributed by atoms with Crippen LogP contribution in [0.4, 0.5) is 10.7 Å². The van der Waals surface area contributed by atoms with Crippen LogP contribution >= 0.6 is 11.3 Å². The molecule has 32 heavy (non-hydrogen) atoms. The Morgan fingerprint density at radius 1 is 1.03 bits per heavy atom. The van der Waals surface area contributed by atoms with E-state index in [-0.39, 0.29) is 18.4 Å². The predicted molar refractivity (Wildman–Crippen MR) is 130 cm³/mol. The zero-order chi connectivity index (χ0) is 22.5. The third-order valence-corrected chi connectivity index (χ3v) is 6.80. The predicted octanol–water partition coefficient (Wildman–Crippen LogP) is 4.24. The smallest absolute Gasteiger partial charge is 0.261 e. The average molecular weight is 450 g/mol. The first-order valence-electron chi connectivity index (χ1n) is 10.7. The molecule has 2 amide bonds. The summed E-state index contributed by atoms with van der Waals surface area (Å²) in [6.45, 7) is 6.81. The fourth-order valence-electron chi connectivity index (χ4n) is 3.65. The second-order valence-electron chi connectivity index (χ2n) is 7.77. The van der Waals surface area contributed by atoms with Crippen molar-refractivity contribution in [3.8, 4) is 11.1 Å². The molecule has 0 unspecified atom stereocenters. The number of carbonyl (C=O) groups excluding carboxylic acids is 2. The first-order valence-corrected chi connectivity index (χ1v) is 11.5. The van der Waals surface area contributed by atoms with E-state index >= 15 is 0 Å². The van der Waals surface area contributed by atoms with Crippen LogP contribution in [-0.2, 0) is 9.53 Å². The Hall–Kier alpha value is -3.16. The van der Waals surface area contributed by atoms with E-state index < -0.39 is 0 Å². The van der Waals surface area contributed by atoms with Crippen LogP contribution in [0, 0.1) is 13.8 Å². The van der Waals surface area contributed by atoms with Crippen molar-refractivity contribution in [1.29, 1.82) is 0 Å². The van der Waals surface area contributed by atoms with E-state index in [0.29, 0.717) is 18.1 Å². The maximum Gasteiger partial charge on any atom is 0.261 e. The van der Waals surface area contributed by atoms with Crippen LogP contribution in [-0.4, -0.2) is 44.7 Å². The van der Waals surface area contributed by atoms with Gasteiger partial charge in [0.15, 0.2) is 0 Å². The molecule has 1 aliphatic heterocycles. The van der Waals surface area contributed by atoms with Gasteiger partial charge in [-0.25, -0.2) is 0 Å². The lowest BCUT2D eigenvalue weighted by Crippen LogP contribution is -2.36. The summed E-state index contributed by atoms with van der Waals surface area (Å²) in [6, 6.07) is 17.7. The summed E-state index contributed by atoms with van der Waals surface area (Å²) in [5, 5.41) is 6.70. The number of amides is 2. The van der Waals surface area contributed by atoms with Gasteiger partial charge in [0.05, 0.1) is 29.6 Å². The molecule has 0 saturated carbocycles. The number of thiophene rings is 1. The molecule has 2 heterocycles. The molecule has 4 rings (SSSR count). The van der Waals surface area contributed by atoms with E-state index in [1.165, 1.54) is 11.3 Å². The van der Waals surface area contributed by atoms with E-state index in [2.05, 4.69) is 15.5 Å². The summed E-state index contributed by atoms with van der Waals surface area (Å²) in [6.07, 6.45) is 0. The van der Waals surface area contributed by atoms with Gasteiger partial charge in [0.25, 0.3) is 5.91 Å². The Labute approximate surface area is 192 Å². The van der Waals surface area contributed by atoms with Gasteiger partial charge < -0.3 is 20.3 Å². The van der Waals surface area contributed by atoms with Crippen molar-refractivity contribution >= 4 is 33.8 Å². The maximum absolute atomic E-state index is 12.9. The quantitative estimate of drug-likeness (QED) is 0.591. The number of morpholine rings is 1. The molecule has 0 radical (unpaired) electrons. The zero-order valence-electron chi connectivity index (χ0n) is 18.3. The summed E-state index contributed by atoms with van der Waals surface area (Å²) in [4.78, 5) is 28.1. The molecule has 2 aromatic carbocycles. The van der Waals surface area contributed by atoms with Gasteiger partial charge in [-0.1, -0.05) is 42.5 Å². The normalized spacial score (nSPS) is 13.6. The third kappa shape index (κ3) is 5.00. The van der Waals surface area contributed by atoms with Gasteiger partial charge in [-0.05, 0) is 42.7 Å². The number of hydrogen-bond acceptors (Lipinski definition) is 5. The number of carbonyl (C=O) groups is 2. The number of hydrogen-bond donors (Lipinski definition) is 2. The number of aryl methyl sites for hydroxylation is 1. The first kappa shape index (κ1) is 22.0. The van der Waals surface area contributed by atoms with Crippen molar-refractivity contribution in [2.75, 3.05) is 43.1 Å². The summed E-state index contributed by atoms with van der Waals surface area (Å²) in [5.74, 6) is -0.497. The second-order valence-corrected chi connectivity index (χ2v) is 8.80. The standard InChI is InChI=1S/C25H27N3O3S/c1-17-7-6-10-21(18(17)2)27-23(29)16-26-24(30)22-15-20(19-8-4-3-5-9-19)25(32-22)28-11-13-31-14-12-28/h3-10,15H,11-14,16H2,1-2H3,(H,26,30)(H,27,29). The van der Waals surface area contributed by atoms with Crippen LogP contribution in [0.2, 0.25) is 0 Å². The highest BCUT2D eigenvalue weighted by Gasteiger charge is 2.22. The van der Waals surface area contributed by atoms with E-state index in [1.54, 1.807) is 0 Å². The molecule has 0 spiro atoms. The van der Waals surface area contributed by atoms with Crippen molar-refractivity contribution in [2.24, 2.45) is 0 Å². The maximum atomic E-state index is 12.9. The van der Waals surface area contributed by atoms with Crippen LogP contribution in [0.3, 0.4) is 0 Å². The molecule has 2 N–H and O–H groups in total. The molecule has 1 aliphatic rings. The second kappa shape index (κ2) is 9.97. The molecule has 7 heteroatoms. The van der Waals surface area contributed by atoms with Crippen molar-refractivity contribution in [3.63, 3.8) is 0 Å². The summed E-state index contributed by atoms with van der Waals surface area (Å²) >= 11 is 1.46. The van der Waals surface area contributed by atoms with Crippen LogP contribution in [0.5, 0.6) is 0 Å². The number of nitrogens with zero attached hydrogens (tertiary/aromatic N) is 1. The highest BCUT2D eigenvalue weighted by atomic mass is 32.1. The molecule has 1 fully saturated rings. The molecule has 0 aliphatic carbocycles. The number of rotatable bonds is 6. The van der Waals surface area contributed by atoms with E-state index in [4.69, 9.17) is 4.74 Å². The number of benzene rings is 2. The van der Waals surface area contributed by atoms with Gasteiger partial charge in [-0.2, -0.15) is 0 Å². The van der Waals surface area contributed by atoms with Crippen LogP contribution in [0.1, 0.15) is 20.8 Å². The minimum atomic E-state index is -0.250. The monoisotopic (exact) mass is 449 g/mol. The van der Waals surface area contributed by atoms with Crippen molar-refractivity contribution in [2.45, 2.75) is 13.8 Å². The third-order valence-electron chi connectivity index (χ3n) is 5.61. The van der Waals surface area contributed by atoms with E-state index in [1.807, 2.05) is 68.4 Å². The van der Waals surface area contributed by atoms with Crippen molar-refractivity contribution in [1.82, 2.24) is 5.32 Å². The van der Waals surface area contributed by atoms with Gasteiger partial charge in [0.2, 0.25) is 5.91 Å². The van der Waals surface area contributed by atoms with Gasteiger partial charge in [0.1, 0.15) is 0 Å². The van der Waals surface area contributed by atoms with E-state index in [9.17, 15) is 9.59 Å². The number of ether oxygens (including phenoxy) is 1. The Balaban J connectivity index is 1.48. The van der Waals surface area contributed by atoms with Crippen molar-refractivity contribution in [3.05, 3.63) is 70.6 Å². The Kier molecular flexibility index (Phi) is 6.87. The molecule has 6 nitrogen and oxygen atoms in total. The molecular weight excluding hydrogens is 422 g/mol. The lowest BCUT2D eigenvalue weighted by molar-refractivity contribution is -0.115. The molecule has 166 valence electrons. The van der Waals surface area contributed by atoms with Gasteiger partial charge >= 0.3 is 0 Å². The molecule has 1 saturated heterocycles. The number of nitrogens with one attached hydrogen (secondary N) is 2. The van der Waals surface area contributed by atoms with Gasteiger partial charge in [-0.3, -0.25) is 9.59 Å². The SMILES string of the molecule is Cc1cccc(NC(=O)CNC(=O)c2cc(-c3ccccc3)c(N3CCOCC3)s2)c1C. The topological polar surface area (TPSA) is 70.7 Å². The zero-order valence-corrected chi connectivity index (χ0v) is 19.1. The molecule has 0 atom stereocenters. The molecular formula is C25H27N3O3S. The lowest BCUT2D eigenvalue weighted by atomic mass is 10.1. The Bertz CT molecular complexity index is 1100. The number of anilines is 2. The van der Waals surface area contributed by atoms with Crippen molar-refractivity contribution < 1.29 is 14.3 Å². The molecule has 0 bridgehead atoms. The highest BCUT2D eigenvalue weighted by Crippen LogP contribution is 2.39. The van der Waals surface area contributed by atoms with Crippen LogP contribution < -0.4 is 15.5 Å². The summed E-state index contributed by atoms with van der Waals surface area (Å²) in [7, 11) is 0. The summed E-state index contributed by atoms with van der Waals surface area (Å²) < 4.78 is 5.49. The van der Waals surface area contributed by atoms with Crippen LogP contribution in [0.15, 0.2) is 54.6 Å². The average Bonchev–Trinajstić information content (AvgIpc) is 3.27. The summed E-state index contributed by atoms with van der Waals surface area (Å²) in [5.41, 5.74) is 4.99. The highest BCUT2D eigenvalue weighted by molar-refractivity contribution is 7.18. The van der Waals surface area contributed by atoms with E-state index in [0.717, 1.165) is 46.0 Å². The minimum absolute atomic E-state index is 0.0856. The van der Waals surface area contributed by atoms with Gasteiger partial charge in [-0.15, -0.1) is 11.3 Å². The fourth-order valence-corrected chi connectivity index (χ4v) is 4.80. The first-order chi connectivity index (χ1) is 15.5. The molecule has 1 aromatic heterocycles. The largest absolute Gasteiger partial charge is 0.378 e. The van der Waals surface area contributed by atoms with Gasteiger partial charge in [0, 0.05) is 24.3 Å². The Morgan fingerprint density at radius 3 is 2.53 bits per heavy atom. The fraction of sp³-hybridized carbons (Fsp3) is 0.280. The Morgan fingerprint density at radius 2 is 1.78 bits per heavy atom. The molecule has 3 aromatic rings. The minimum Gasteiger partial charge on any atom is -0.378 e. The van der Waals surface area contributed by atoms with Crippen LogP contribution in [0.25, 0.3) is 11.1 Å².